The number of fused-ring (bicyclic) bond motifs is 2. The summed E-state index contributed by atoms with van der Waals surface area (Å²) in [5.74, 6) is 1.08. The van der Waals surface area contributed by atoms with Gasteiger partial charge in [0.05, 0.1) is 18.7 Å². The second-order valence-corrected chi connectivity index (χ2v) is 9.80. The van der Waals surface area contributed by atoms with Crippen LogP contribution in [-0.4, -0.2) is 65.5 Å². The van der Waals surface area contributed by atoms with Gasteiger partial charge in [-0.05, 0) is 56.7 Å². The lowest BCUT2D eigenvalue weighted by atomic mass is 9.90. The van der Waals surface area contributed by atoms with Crippen molar-refractivity contribution < 1.29 is 19.1 Å². The quantitative estimate of drug-likeness (QED) is 0.574. The molecule has 0 saturated heterocycles. The van der Waals surface area contributed by atoms with Gasteiger partial charge < -0.3 is 19.3 Å². The smallest absolute Gasteiger partial charge is 0.257 e. The van der Waals surface area contributed by atoms with Crippen molar-refractivity contribution in [1.29, 1.82) is 0 Å². The number of carbonyl (C=O) groups is 2. The van der Waals surface area contributed by atoms with Gasteiger partial charge in [0, 0.05) is 37.5 Å². The number of rotatable bonds is 4. The summed E-state index contributed by atoms with van der Waals surface area (Å²) in [4.78, 5) is 35.5. The third-order valence-corrected chi connectivity index (χ3v) is 7.27. The first-order chi connectivity index (χ1) is 17.6. The first-order valence-electron chi connectivity index (χ1n) is 13.5. The van der Waals surface area contributed by atoms with Gasteiger partial charge in [0.1, 0.15) is 11.9 Å². The molecule has 1 aromatic carbocycles. The fourth-order valence-corrected chi connectivity index (χ4v) is 5.41. The van der Waals surface area contributed by atoms with E-state index in [0.717, 1.165) is 70.9 Å². The Bertz CT molecular complexity index is 1030. The molecule has 1 aliphatic carbocycles. The first-order valence-corrected chi connectivity index (χ1v) is 13.5. The number of para-hydroxylation sites is 1. The summed E-state index contributed by atoms with van der Waals surface area (Å²) < 4.78 is 11.9. The van der Waals surface area contributed by atoms with Gasteiger partial charge in [-0.2, -0.15) is 0 Å². The largest absolute Gasteiger partial charge is 0.487 e. The number of aromatic nitrogens is 1. The summed E-state index contributed by atoms with van der Waals surface area (Å²) >= 11 is 0. The van der Waals surface area contributed by atoms with Crippen molar-refractivity contribution in [3.8, 4) is 11.6 Å². The number of methoxy groups -OCH3 is 1. The van der Waals surface area contributed by atoms with Gasteiger partial charge in [-0.15, -0.1) is 0 Å². The average molecular weight is 494 g/mol. The predicted octanol–water partition coefficient (Wildman–Crippen LogP) is 5.35. The Balaban J connectivity index is 1.67. The lowest BCUT2D eigenvalue weighted by Gasteiger charge is -2.40. The third kappa shape index (κ3) is 6.18. The number of benzene rings is 1. The number of nitrogens with zero attached hydrogens (tertiary/aromatic N) is 3. The van der Waals surface area contributed by atoms with Crippen LogP contribution in [0, 0.1) is 0 Å². The molecule has 1 fully saturated rings. The van der Waals surface area contributed by atoms with E-state index in [4.69, 9.17) is 9.47 Å². The van der Waals surface area contributed by atoms with Crippen LogP contribution in [0.25, 0.3) is 0 Å². The minimum Gasteiger partial charge on any atom is -0.487 e. The van der Waals surface area contributed by atoms with Gasteiger partial charge in [0.2, 0.25) is 5.88 Å². The van der Waals surface area contributed by atoms with Gasteiger partial charge in [0.15, 0.2) is 0 Å². The molecule has 194 valence electrons. The van der Waals surface area contributed by atoms with Crippen LogP contribution in [0.2, 0.25) is 0 Å². The third-order valence-electron chi connectivity index (χ3n) is 7.27. The maximum Gasteiger partial charge on any atom is 0.257 e. The number of hydrogen-bond acceptors (Lipinski definition) is 5. The Kier molecular flexibility index (Phi) is 9.20. The highest BCUT2D eigenvalue weighted by Crippen LogP contribution is 2.31. The molecule has 0 N–H and O–H groups in total. The van der Waals surface area contributed by atoms with E-state index in [0.29, 0.717) is 29.3 Å². The molecule has 0 radical (unpaired) electrons. The normalized spacial score (nSPS) is 21.6. The summed E-state index contributed by atoms with van der Waals surface area (Å²) in [6, 6.07) is 11.0. The van der Waals surface area contributed by atoms with E-state index in [1.54, 1.807) is 25.4 Å². The summed E-state index contributed by atoms with van der Waals surface area (Å²) in [5, 5.41) is 0. The molecule has 2 heterocycles. The Morgan fingerprint density at radius 2 is 1.83 bits per heavy atom. The molecule has 2 amide bonds. The van der Waals surface area contributed by atoms with Crippen LogP contribution >= 0.6 is 0 Å². The average Bonchev–Trinajstić information content (AvgIpc) is 2.92. The minimum atomic E-state index is -0.164. The van der Waals surface area contributed by atoms with E-state index in [-0.39, 0.29) is 24.0 Å². The van der Waals surface area contributed by atoms with Gasteiger partial charge in [-0.3, -0.25) is 9.59 Å². The second kappa shape index (κ2) is 12.7. The maximum atomic E-state index is 13.8. The molecular formula is C29H39N3O4. The molecule has 1 aliphatic heterocycles. The van der Waals surface area contributed by atoms with Crippen molar-refractivity contribution in [2.75, 3.05) is 26.7 Å². The van der Waals surface area contributed by atoms with E-state index in [1.165, 1.54) is 0 Å². The van der Waals surface area contributed by atoms with Crippen molar-refractivity contribution in [3.05, 3.63) is 53.7 Å². The standard InChI is InChI=1S/C29H39N3O4/c1-3-18-31-19-10-4-5-11-20-32(28(33)22-16-17-30-27(21-22)35-2)24-13-7-9-15-26(24)36-25-14-8-6-12-23(25)29(31)34/h6,8,12,14,16-17,21,24,26H,3-5,7,9-11,13,15,18-20H2,1-2H3/t24-,26+/m1/s1. The van der Waals surface area contributed by atoms with Crippen LogP contribution in [0.1, 0.15) is 85.4 Å². The van der Waals surface area contributed by atoms with Crippen LogP contribution in [-0.2, 0) is 0 Å². The summed E-state index contributed by atoms with van der Waals surface area (Å²) in [5.41, 5.74) is 1.20. The fourth-order valence-electron chi connectivity index (χ4n) is 5.41. The number of amides is 2. The zero-order valence-corrected chi connectivity index (χ0v) is 21.7. The maximum absolute atomic E-state index is 13.8. The molecule has 1 aromatic heterocycles. The van der Waals surface area contributed by atoms with Crippen LogP contribution < -0.4 is 9.47 Å². The van der Waals surface area contributed by atoms with Gasteiger partial charge in [-0.1, -0.05) is 38.3 Å². The molecule has 36 heavy (non-hydrogen) atoms. The van der Waals surface area contributed by atoms with Crippen LogP contribution in [0.5, 0.6) is 11.6 Å². The topological polar surface area (TPSA) is 72.0 Å². The van der Waals surface area contributed by atoms with Crippen LogP contribution in [0.15, 0.2) is 42.6 Å². The highest BCUT2D eigenvalue weighted by Gasteiger charge is 2.35. The number of ether oxygens (including phenoxy) is 2. The van der Waals surface area contributed by atoms with E-state index < -0.39 is 0 Å². The molecule has 0 spiro atoms. The summed E-state index contributed by atoms with van der Waals surface area (Å²) in [6.45, 7) is 4.29. The molecule has 1 saturated carbocycles. The highest BCUT2D eigenvalue weighted by molar-refractivity contribution is 5.97. The number of pyridine rings is 1. The van der Waals surface area contributed by atoms with Gasteiger partial charge in [-0.25, -0.2) is 4.98 Å². The molecule has 2 aromatic rings. The van der Waals surface area contributed by atoms with Crippen molar-refractivity contribution in [3.63, 3.8) is 0 Å². The number of carbonyl (C=O) groups excluding carboxylic acids is 2. The van der Waals surface area contributed by atoms with Crippen molar-refractivity contribution in [2.24, 2.45) is 0 Å². The Morgan fingerprint density at radius 1 is 1.06 bits per heavy atom. The molecule has 7 heteroatoms. The van der Waals surface area contributed by atoms with E-state index in [2.05, 4.69) is 11.9 Å². The van der Waals surface area contributed by atoms with Crippen molar-refractivity contribution in [1.82, 2.24) is 14.8 Å². The van der Waals surface area contributed by atoms with Gasteiger partial charge in [0.25, 0.3) is 11.8 Å². The Labute approximate surface area is 214 Å². The molecule has 0 unspecified atom stereocenters. The first kappa shape index (κ1) is 26.0. The SMILES string of the molecule is CCCN1CCCCCCN(C(=O)c2ccnc(OC)c2)[C@@H]2CCCC[C@@H]2Oc2ccccc2C1=O. The van der Waals surface area contributed by atoms with Crippen molar-refractivity contribution >= 4 is 11.8 Å². The van der Waals surface area contributed by atoms with Crippen LogP contribution in [0.3, 0.4) is 0 Å². The zero-order chi connectivity index (χ0) is 25.3. The highest BCUT2D eigenvalue weighted by atomic mass is 16.5. The minimum absolute atomic E-state index is 0.0122. The van der Waals surface area contributed by atoms with Crippen molar-refractivity contribution in [2.45, 2.75) is 76.9 Å². The fraction of sp³-hybridized carbons (Fsp3) is 0.552. The zero-order valence-electron chi connectivity index (χ0n) is 21.7. The van der Waals surface area contributed by atoms with Gasteiger partial charge >= 0.3 is 0 Å². The lowest BCUT2D eigenvalue weighted by molar-refractivity contribution is 0.0266. The molecule has 2 aliphatic rings. The Morgan fingerprint density at radius 3 is 2.64 bits per heavy atom. The molecule has 0 bridgehead atoms. The second-order valence-electron chi connectivity index (χ2n) is 9.80. The van der Waals surface area contributed by atoms with Crippen LogP contribution in [0.4, 0.5) is 0 Å². The monoisotopic (exact) mass is 493 g/mol. The summed E-state index contributed by atoms with van der Waals surface area (Å²) in [6.07, 6.45) is 10.2. The number of hydrogen-bond donors (Lipinski definition) is 0. The predicted molar refractivity (Wildman–Crippen MR) is 140 cm³/mol. The van der Waals surface area contributed by atoms with E-state index in [1.807, 2.05) is 34.1 Å². The molecule has 4 rings (SSSR count). The lowest BCUT2D eigenvalue weighted by Crippen LogP contribution is -2.51. The van der Waals surface area contributed by atoms with E-state index >= 15 is 0 Å². The van der Waals surface area contributed by atoms with E-state index in [9.17, 15) is 9.59 Å². The molecule has 7 nitrogen and oxygen atoms in total. The Hall–Kier alpha value is -3.09. The molecular weight excluding hydrogens is 454 g/mol. The summed E-state index contributed by atoms with van der Waals surface area (Å²) in [7, 11) is 1.56. The molecule has 2 atom stereocenters.